The van der Waals surface area contributed by atoms with E-state index in [-0.39, 0.29) is 22.2 Å². The van der Waals surface area contributed by atoms with Gasteiger partial charge in [-0.2, -0.15) is 0 Å². The van der Waals surface area contributed by atoms with Crippen molar-refractivity contribution >= 4 is 34.7 Å². The van der Waals surface area contributed by atoms with E-state index in [4.69, 9.17) is 9.47 Å². The van der Waals surface area contributed by atoms with Gasteiger partial charge in [0.15, 0.2) is 0 Å². The Morgan fingerprint density at radius 2 is 1.60 bits per heavy atom. The number of aromatic nitrogens is 1. The summed E-state index contributed by atoms with van der Waals surface area (Å²) >= 11 is 0. The second-order valence-electron chi connectivity index (χ2n) is 8.70. The molecule has 1 aromatic heterocycles. The lowest BCUT2D eigenvalue weighted by Gasteiger charge is -2.23. The van der Waals surface area contributed by atoms with Crippen molar-refractivity contribution in [3.8, 4) is 0 Å². The Morgan fingerprint density at radius 3 is 2.10 bits per heavy atom. The lowest BCUT2D eigenvalue weighted by atomic mass is 10.1. The first kappa shape index (κ1) is 22.9. The molecule has 0 N–H and O–H groups in total. The van der Waals surface area contributed by atoms with Crippen molar-refractivity contribution in [2.24, 2.45) is 0 Å². The van der Waals surface area contributed by atoms with Gasteiger partial charge in [-0.15, -0.1) is 0 Å². The fraction of sp³-hybridized carbons (Fsp3) is 0.450. The van der Waals surface area contributed by atoms with Crippen LogP contribution >= 0.6 is 0 Å². The molecule has 162 valence electrons. The third-order valence-electron chi connectivity index (χ3n) is 3.79. The van der Waals surface area contributed by atoms with Crippen LogP contribution in [0, 0.1) is 10.1 Å². The minimum Gasteiger partial charge on any atom is -0.443 e. The molecule has 0 aliphatic heterocycles. The summed E-state index contributed by atoms with van der Waals surface area (Å²) in [4.78, 5) is 49.2. The van der Waals surface area contributed by atoms with Crippen LogP contribution in [0.5, 0.6) is 0 Å². The van der Waals surface area contributed by atoms with Gasteiger partial charge in [0, 0.05) is 30.8 Å². The Bertz CT molecular complexity index is 1030. The Kier molecular flexibility index (Phi) is 5.92. The molecular weight excluding hydrogens is 394 g/mol. The molecule has 0 saturated carbocycles. The predicted octanol–water partition coefficient (Wildman–Crippen LogP) is 4.34. The van der Waals surface area contributed by atoms with Gasteiger partial charge in [0.1, 0.15) is 11.2 Å². The highest BCUT2D eigenvalue weighted by Crippen LogP contribution is 2.28. The Balaban J connectivity index is 2.57. The average Bonchev–Trinajstić information content (AvgIpc) is 2.96. The van der Waals surface area contributed by atoms with Gasteiger partial charge in [-0.3, -0.25) is 19.5 Å². The van der Waals surface area contributed by atoms with Crippen LogP contribution in [0.4, 0.5) is 15.3 Å². The molecule has 0 bridgehead atoms. The van der Waals surface area contributed by atoms with E-state index >= 15 is 0 Å². The molecule has 2 aromatic rings. The molecule has 10 nitrogen and oxygen atoms in total. The number of carbonyl (C=O) groups is 3. The number of nitro benzene ring substituents is 1. The molecule has 0 fully saturated rings. The average molecular weight is 419 g/mol. The molecule has 0 unspecified atom stereocenters. The van der Waals surface area contributed by atoms with Crippen LogP contribution in [0.15, 0.2) is 24.4 Å². The first-order chi connectivity index (χ1) is 13.6. The van der Waals surface area contributed by atoms with Crippen LogP contribution < -0.4 is 0 Å². The lowest BCUT2D eigenvalue weighted by Crippen LogP contribution is -2.38. The van der Waals surface area contributed by atoms with Crippen molar-refractivity contribution in [3.05, 3.63) is 40.1 Å². The number of fused-ring (bicyclic) bond motifs is 1. The van der Waals surface area contributed by atoms with Crippen LogP contribution in [-0.2, 0) is 9.47 Å². The van der Waals surface area contributed by atoms with Crippen LogP contribution in [-0.4, -0.2) is 50.7 Å². The van der Waals surface area contributed by atoms with Crippen LogP contribution in [0.1, 0.15) is 51.9 Å². The fourth-order valence-corrected chi connectivity index (χ4v) is 2.56. The third-order valence-corrected chi connectivity index (χ3v) is 3.79. The van der Waals surface area contributed by atoms with Crippen molar-refractivity contribution in [3.63, 3.8) is 0 Å². The van der Waals surface area contributed by atoms with Crippen molar-refractivity contribution in [1.82, 2.24) is 9.47 Å². The number of imide groups is 1. The molecule has 0 aliphatic carbocycles. The van der Waals surface area contributed by atoms with Crippen molar-refractivity contribution in [1.29, 1.82) is 0 Å². The zero-order chi connectivity index (χ0) is 23.0. The first-order valence-electron chi connectivity index (χ1n) is 9.14. The summed E-state index contributed by atoms with van der Waals surface area (Å²) in [7, 11) is 1.25. The summed E-state index contributed by atoms with van der Waals surface area (Å²) in [5.74, 6) is -0.731. The van der Waals surface area contributed by atoms with Gasteiger partial charge in [-0.25, -0.2) is 14.5 Å². The van der Waals surface area contributed by atoms with E-state index in [1.165, 1.54) is 31.4 Å². The van der Waals surface area contributed by atoms with Gasteiger partial charge in [0.2, 0.25) is 0 Å². The molecule has 10 heteroatoms. The fourth-order valence-electron chi connectivity index (χ4n) is 2.56. The zero-order valence-electron chi connectivity index (χ0n) is 18.0. The van der Waals surface area contributed by atoms with Crippen molar-refractivity contribution < 1.29 is 28.8 Å². The molecule has 0 atom stereocenters. The number of ether oxygens (including phenoxy) is 2. The standard InChI is InChI=1S/C20H25N3O7/c1-19(2,3)29-17(25)21(7)16(24)14-11-22(18(26)30-20(4,5)6)15-10-12(23(27)28)8-9-13(14)15/h8-11H,1-7H3. The highest BCUT2D eigenvalue weighted by molar-refractivity contribution is 6.12. The Hall–Kier alpha value is -3.43. The maximum Gasteiger partial charge on any atom is 0.419 e. The molecule has 0 aliphatic rings. The molecule has 0 saturated heterocycles. The van der Waals surface area contributed by atoms with E-state index in [9.17, 15) is 24.5 Å². The molecule has 1 heterocycles. The minimum atomic E-state index is -0.868. The number of hydrogen-bond acceptors (Lipinski definition) is 7. The summed E-state index contributed by atoms with van der Waals surface area (Å²) in [5, 5.41) is 11.4. The second-order valence-corrected chi connectivity index (χ2v) is 8.70. The molecule has 0 radical (unpaired) electrons. The van der Waals surface area contributed by atoms with Crippen LogP contribution in [0.3, 0.4) is 0 Å². The highest BCUT2D eigenvalue weighted by atomic mass is 16.6. The predicted molar refractivity (Wildman–Crippen MR) is 109 cm³/mol. The van der Waals surface area contributed by atoms with Gasteiger partial charge in [-0.1, -0.05) is 0 Å². The quantitative estimate of drug-likeness (QED) is 0.524. The largest absolute Gasteiger partial charge is 0.443 e. The van der Waals surface area contributed by atoms with E-state index in [2.05, 4.69) is 0 Å². The summed E-state index contributed by atoms with van der Waals surface area (Å²) in [6, 6.07) is 3.74. The van der Waals surface area contributed by atoms with E-state index in [0.29, 0.717) is 0 Å². The molecule has 2 amide bonds. The van der Waals surface area contributed by atoms with Gasteiger partial charge in [0.05, 0.1) is 16.0 Å². The Morgan fingerprint density at radius 1 is 1.03 bits per heavy atom. The van der Waals surface area contributed by atoms with E-state index in [0.717, 1.165) is 9.47 Å². The number of non-ortho nitro benzene ring substituents is 1. The highest BCUT2D eigenvalue weighted by Gasteiger charge is 2.29. The summed E-state index contributed by atoms with van der Waals surface area (Å²) < 4.78 is 11.6. The number of benzene rings is 1. The van der Waals surface area contributed by atoms with E-state index in [1.807, 2.05) is 0 Å². The van der Waals surface area contributed by atoms with E-state index < -0.39 is 34.2 Å². The minimum absolute atomic E-state index is 0.000818. The van der Waals surface area contributed by atoms with Crippen molar-refractivity contribution in [2.45, 2.75) is 52.7 Å². The topological polar surface area (TPSA) is 121 Å². The molecular formula is C20H25N3O7. The maximum atomic E-state index is 13.0. The molecule has 1 aromatic carbocycles. The monoisotopic (exact) mass is 419 g/mol. The van der Waals surface area contributed by atoms with Gasteiger partial charge in [-0.05, 0) is 47.6 Å². The number of hydrogen-bond donors (Lipinski definition) is 0. The van der Waals surface area contributed by atoms with E-state index in [1.54, 1.807) is 41.5 Å². The third kappa shape index (κ3) is 5.13. The maximum absolute atomic E-state index is 13.0. The molecule has 2 rings (SSSR count). The van der Waals surface area contributed by atoms with Crippen molar-refractivity contribution in [2.75, 3.05) is 7.05 Å². The second kappa shape index (κ2) is 7.77. The van der Waals surface area contributed by atoms with Gasteiger partial charge in [0.25, 0.3) is 11.6 Å². The lowest BCUT2D eigenvalue weighted by molar-refractivity contribution is -0.384. The number of rotatable bonds is 2. The smallest absolute Gasteiger partial charge is 0.419 e. The number of nitrogens with zero attached hydrogens (tertiary/aromatic N) is 3. The van der Waals surface area contributed by atoms with Crippen LogP contribution in [0.2, 0.25) is 0 Å². The Labute approximate surface area is 173 Å². The summed E-state index contributed by atoms with van der Waals surface area (Å²) in [5.41, 5.74) is -1.79. The molecule has 30 heavy (non-hydrogen) atoms. The summed E-state index contributed by atoms with van der Waals surface area (Å²) in [6.07, 6.45) is -0.481. The first-order valence-corrected chi connectivity index (χ1v) is 9.14. The zero-order valence-corrected chi connectivity index (χ0v) is 18.0. The van der Waals surface area contributed by atoms with Crippen LogP contribution in [0.25, 0.3) is 10.9 Å². The number of carbonyl (C=O) groups excluding carboxylic acids is 3. The molecule has 0 spiro atoms. The van der Waals surface area contributed by atoms with Gasteiger partial charge >= 0.3 is 12.2 Å². The number of amides is 2. The SMILES string of the molecule is CN(C(=O)OC(C)(C)C)C(=O)c1cn(C(=O)OC(C)(C)C)c2cc([N+](=O)[O-])ccc12. The number of nitro groups is 1. The van der Waals surface area contributed by atoms with Gasteiger partial charge < -0.3 is 9.47 Å². The normalized spacial score (nSPS) is 11.8. The summed E-state index contributed by atoms with van der Waals surface area (Å²) in [6.45, 7) is 9.99.